The lowest BCUT2D eigenvalue weighted by Gasteiger charge is -2.07. The van der Waals surface area contributed by atoms with Crippen LogP contribution in [0.15, 0.2) is 37.0 Å². The fourth-order valence-corrected chi connectivity index (χ4v) is 0.715. The monoisotopic (exact) mass is 167 g/mol. The van der Waals surface area contributed by atoms with Crippen LogP contribution in [0.3, 0.4) is 0 Å². The first kappa shape index (κ1) is 13.7. The SMILES string of the molecule is C=C/C=C(\C=C)C(N)CC.CC. The first-order valence-corrected chi connectivity index (χ1v) is 4.46. The Hall–Kier alpha value is -0.820. The first-order chi connectivity index (χ1) is 5.76. The van der Waals surface area contributed by atoms with Gasteiger partial charge < -0.3 is 5.73 Å². The number of rotatable bonds is 4. The van der Waals surface area contributed by atoms with E-state index in [1.807, 2.05) is 26.8 Å². The third kappa shape index (κ3) is 5.93. The van der Waals surface area contributed by atoms with Gasteiger partial charge in [0.1, 0.15) is 0 Å². The topological polar surface area (TPSA) is 26.0 Å². The van der Waals surface area contributed by atoms with Gasteiger partial charge in [-0.2, -0.15) is 0 Å². The molecule has 0 spiro atoms. The van der Waals surface area contributed by atoms with Crippen molar-refractivity contribution in [2.24, 2.45) is 5.73 Å². The molecule has 0 aliphatic rings. The summed E-state index contributed by atoms with van der Waals surface area (Å²) >= 11 is 0. The summed E-state index contributed by atoms with van der Waals surface area (Å²) in [4.78, 5) is 0. The second kappa shape index (κ2) is 10.2. The van der Waals surface area contributed by atoms with Crippen LogP contribution in [-0.4, -0.2) is 6.04 Å². The third-order valence-electron chi connectivity index (χ3n) is 1.41. The molecular weight excluding hydrogens is 146 g/mol. The van der Waals surface area contributed by atoms with Crippen LogP contribution in [0.25, 0.3) is 0 Å². The summed E-state index contributed by atoms with van der Waals surface area (Å²) in [6.07, 6.45) is 6.33. The van der Waals surface area contributed by atoms with Gasteiger partial charge in [0.15, 0.2) is 0 Å². The molecule has 0 aromatic heterocycles. The van der Waals surface area contributed by atoms with Gasteiger partial charge in [-0.25, -0.2) is 0 Å². The Labute approximate surface area is 76.7 Å². The molecule has 1 heteroatoms. The van der Waals surface area contributed by atoms with Gasteiger partial charge in [-0.3, -0.25) is 0 Å². The number of nitrogens with two attached hydrogens (primary N) is 1. The molecule has 0 saturated carbocycles. The molecule has 0 amide bonds. The van der Waals surface area contributed by atoms with Crippen LogP contribution in [0, 0.1) is 0 Å². The van der Waals surface area contributed by atoms with Gasteiger partial charge in [-0.15, -0.1) is 0 Å². The Morgan fingerprint density at radius 3 is 2.17 bits per heavy atom. The lowest BCUT2D eigenvalue weighted by Crippen LogP contribution is -2.19. The van der Waals surface area contributed by atoms with Crippen molar-refractivity contribution in [2.75, 3.05) is 0 Å². The van der Waals surface area contributed by atoms with E-state index in [0.29, 0.717) is 0 Å². The van der Waals surface area contributed by atoms with Crippen molar-refractivity contribution in [3.05, 3.63) is 37.0 Å². The van der Waals surface area contributed by atoms with E-state index in [9.17, 15) is 0 Å². The van der Waals surface area contributed by atoms with E-state index in [4.69, 9.17) is 5.73 Å². The normalized spacial score (nSPS) is 12.5. The van der Waals surface area contributed by atoms with Crippen LogP contribution >= 0.6 is 0 Å². The van der Waals surface area contributed by atoms with Crippen LogP contribution in [0.2, 0.25) is 0 Å². The standard InChI is InChI=1S/C9H15N.C2H6/c1-4-7-8(5-2)9(10)6-3;1-2/h4-5,7,9H,1-2,6,10H2,3H3;1-2H3/b8-7+;. The highest BCUT2D eigenvalue weighted by Crippen LogP contribution is 2.03. The second-order valence-electron chi connectivity index (χ2n) is 2.12. The molecule has 2 N–H and O–H groups in total. The molecule has 70 valence electrons. The third-order valence-corrected chi connectivity index (χ3v) is 1.41. The molecular formula is C11H21N. The zero-order valence-electron chi connectivity index (χ0n) is 8.51. The smallest absolute Gasteiger partial charge is 0.0291 e. The van der Waals surface area contributed by atoms with Crippen LogP contribution < -0.4 is 5.73 Å². The van der Waals surface area contributed by atoms with Crippen LogP contribution in [-0.2, 0) is 0 Å². The average molecular weight is 167 g/mol. The molecule has 0 aliphatic carbocycles. The van der Waals surface area contributed by atoms with Gasteiger partial charge in [0.2, 0.25) is 0 Å². The summed E-state index contributed by atoms with van der Waals surface area (Å²) < 4.78 is 0. The summed E-state index contributed by atoms with van der Waals surface area (Å²) in [5, 5.41) is 0. The summed E-state index contributed by atoms with van der Waals surface area (Å²) in [6.45, 7) is 13.3. The molecule has 12 heavy (non-hydrogen) atoms. The van der Waals surface area contributed by atoms with Gasteiger partial charge in [0.05, 0.1) is 0 Å². The average Bonchev–Trinajstić information content (AvgIpc) is 2.16. The minimum atomic E-state index is 0.107. The van der Waals surface area contributed by atoms with E-state index >= 15 is 0 Å². The highest BCUT2D eigenvalue weighted by Gasteiger charge is 1.99. The maximum absolute atomic E-state index is 5.73. The molecule has 0 fully saturated rings. The maximum atomic E-state index is 5.73. The van der Waals surface area contributed by atoms with E-state index in [1.165, 1.54) is 0 Å². The molecule has 1 atom stereocenters. The summed E-state index contributed by atoms with van der Waals surface area (Å²) in [5.74, 6) is 0. The van der Waals surface area contributed by atoms with Crippen molar-refractivity contribution in [1.82, 2.24) is 0 Å². The van der Waals surface area contributed by atoms with Crippen molar-refractivity contribution in [1.29, 1.82) is 0 Å². The predicted molar refractivity (Wildman–Crippen MR) is 58.1 cm³/mol. The minimum absolute atomic E-state index is 0.107. The molecule has 0 aromatic carbocycles. The number of allylic oxidation sites excluding steroid dienone is 2. The molecule has 1 nitrogen and oxygen atoms in total. The fourth-order valence-electron chi connectivity index (χ4n) is 0.715. The van der Waals surface area contributed by atoms with Gasteiger partial charge in [-0.05, 0) is 12.0 Å². The molecule has 0 aliphatic heterocycles. The van der Waals surface area contributed by atoms with E-state index in [-0.39, 0.29) is 6.04 Å². The molecule has 0 saturated heterocycles. The highest BCUT2D eigenvalue weighted by molar-refractivity contribution is 5.25. The quantitative estimate of drug-likeness (QED) is 0.640. The van der Waals surface area contributed by atoms with Gasteiger partial charge in [0.25, 0.3) is 0 Å². The van der Waals surface area contributed by atoms with Crippen LogP contribution in [0.5, 0.6) is 0 Å². The van der Waals surface area contributed by atoms with Crippen molar-refractivity contribution in [2.45, 2.75) is 33.2 Å². The van der Waals surface area contributed by atoms with Gasteiger partial charge >= 0.3 is 0 Å². The molecule has 0 radical (unpaired) electrons. The Morgan fingerprint density at radius 2 is 1.92 bits per heavy atom. The van der Waals surface area contributed by atoms with Crippen molar-refractivity contribution in [3.8, 4) is 0 Å². The van der Waals surface area contributed by atoms with Crippen molar-refractivity contribution < 1.29 is 0 Å². The highest BCUT2D eigenvalue weighted by atomic mass is 14.6. The lowest BCUT2D eigenvalue weighted by atomic mass is 10.1. The Morgan fingerprint density at radius 1 is 1.42 bits per heavy atom. The first-order valence-electron chi connectivity index (χ1n) is 4.46. The zero-order chi connectivity index (χ0) is 9.98. The van der Waals surface area contributed by atoms with Crippen LogP contribution in [0.1, 0.15) is 27.2 Å². The maximum Gasteiger partial charge on any atom is 0.0291 e. The summed E-state index contributed by atoms with van der Waals surface area (Å²) in [5.41, 5.74) is 6.78. The van der Waals surface area contributed by atoms with E-state index in [2.05, 4.69) is 13.2 Å². The summed E-state index contributed by atoms with van der Waals surface area (Å²) in [6, 6.07) is 0.107. The van der Waals surface area contributed by atoms with Gasteiger partial charge in [-0.1, -0.05) is 52.2 Å². The predicted octanol–water partition coefficient (Wildman–Crippen LogP) is 3.05. The lowest BCUT2D eigenvalue weighted by molar-refractivity contribution is 0.756. The molecule has 0 rings (SSSR count). The van der Waals surface area contributed by atoms with Crippen molar-refractivity contribution >= 4 is 0 Å². The second-order valence-corrected chi connectivity index (χ2v) is 2.12. The molecule has 1 unspecified atom stereocenters. The minimum Gasteiger partial charge on any atom is -0.324 e. The molecule has 0 heterocycles. The Balaban J connectivity index is 0. The van der Waals surface area contributed by atoms with Gasteiger partial charge in [0, 0.05) is 6.04 Å². The van der Waals surface area contributed by atoms with E-state index < -0.39 is 0 Å². The number of hydrogen-bond acceptors (Lipinski definition) is 1. The zero-order valence-corrected chi connectivity index (χ0v) is 8.51. The van der Waals surface area contributed by atoms with Crippen LogP contribution in [0.4, 0.5) is 0 Å². The number of hydrogen-bond donors (Lipinski definition) is 1. The Bertz CT molecular complexity index is 145. The summed E-state index contributed by atoms with van der Waals surface area (Å²) in [7, 11) is 0. The molecule has 0 bridgehead atoms. The largest absolute Gasteiger partial charge is 0.324 e. The molecule has 0 aromatic rings. The van der Waals surface area contributed by atoms with E-state index in [0.717, 1.165) is 12.0 Å². The Kier molecular flexibility index (Phi) is 11.7. The fraction of sp³-hybridized carbons (Fsp3) is 0.455. The van der Waals surface area contributed by atoms with Crippen molar-refractivity contribution in [3.63, 3.8) is 0 Å². The van der Waals surface area contributed by atoms with E-state index in [1.54, 1.807) is 12.2 Å².